The van der Waals surface area contributed by atoms with Crippen LogP contribution in [0.25, 0.3) is 0 Å². The summed E-state index contributed by atoms with van der Waals surface area (Å²) in [5, 5.41) is 5.62. The standard InChI is InChI=1S/C24H23N3O4S/c1-17-7-4-9-19(15-17)25-24(29)21-11-2-3-12-22(21)26-23(28)18-8-5-10-20(16-18)27-13-6-14-32(27,30)31/h2-5,7-12,15-16H,6,13-14H2,1H3,(H,25,29)(H,26,28). The monoisotopic (exact) mass is 449 g/mol. The molecule has 0 atom stereocenters. The molecular weight excluding hydrogens is 426 g/mol. The molecule has 1 aliphatic rings. The van der Waals surface area contributed by atoms with Crippen molar-refractivity contribution in [1.29, 1.82) is 0 Å². The van der Waals surface area contributed by atoms with E-state index in [9.17, 15) is 18.0 Å². The van der Waals surface area contributed by atoms with Gasteiger partial charge in [-0.25, -0.2) is 8.42 Å². The van der Waals surface area contributed by atoms with Crippen molar-refractivity contribution in [1.82, 2.24) is 0 Å². The van der Waals surface area contributed by atoms with Crippen LogP contribution < -0.4 is 14.9 Å². The molecule has 2 amide bonds. The third-order valence-corrected chi connectivity index (χ3v) is 7.06. The predicted octanol–water partition coefficient (Wildman–Crippen LogP) is 4.04. The summed E-state index contributed by atoms with van der Waals surface area (Å²) in [5.41, 5.74) is 3.13. The molecule has 0 unspecified atom stereocenters. The molecule has 3 aromatic rings. The first-order valence-electron chi connectivity index (χ1n) is 10.2. The third-order valence-electron chi connectivity index (χ3n) is 5.19. The topological polar surface area (TPSA) is 95.6 Å². The fourth-order valence-corrected chi connectivity index (χ4v) is 5.19. The van der Waals surface area contributed by atoms with Crippen molar-refractivity contribution in [2.75, 3.05) is 27.2 Å². The van der Waals surface area contributed by atoms with Crippen LogP contribution in [-0.2, 0) is 10.0 Å². The maximum Gasteiger partial charge on any atom is 0.257 e. The van der Waals surface area contributed by atoms with Gasteiger partial charge in [-0.2, -0.15) is 0 Å². The number of carbonyl (C=O) groups is 2. The maximum atomic E-state index is 12.9. The summed E-state index contributed by atoms with van der Waals surface area (Å²) in [5.74, 6) is -0.671. The van der Waals surface area contributed by atoms with E-state index in [1.54, 1.807) is 54.6 Å². The first-order chi connectivity index (χ1) is 15.3. The molecule has 1 fully saturated rings. The van der Waals surface area contributed by atoms with Crippen LogP contribution in [0.1, 0.15) is 32.7 Å². The number of carbonyl (C=O) groups excluding carboxylic acids is 2. The van der Waals surface area contributed by atoms with Gasteiger partial charge in [-0.15, -0.1) is 0 Å². The number of hydrogen-bond donors (Lipinski definition) is 2. The minimum absolute atomic E-state index is 0.104. The van der Waals surface area contributed by atoms with Gasteiger partial charge in [0, 0.05) is 17.8 Å². The fraction of sp³-hybridized carbons (Fsp3) is 0.167. The normalized spacial score (nSPS) is 14.7. The molecule has 8 heteroatoms. The van der Waals surface area contributed by atoms with E-state index in [0.29, 0.717) is 41.2 Å². The molecule has 7 nitrogen and oxygen atoms in total. The summed E-state index contributed by atoms with van der Waals surface area (Å²) in [6.07, 6.45) is 0.558. The molecular formula is C24H23N3O4S. The Kier molecular flexibility index (Phi) is 5.96. The Bertz CT molecular complexity index is 1290. The van der Waals surface area contributed by atoms with E-state index in [0.717, 1.165) is 5.56 Å². The van der Waals surface area contributed by atoms with Crippen molar-refractivity contribution in [2.45, 2.75) is 13.3 Å². The van der Waals surface area contributed by atoms with Crippen molar-refractivity contribution >= 4 is 38.9 Å². The minimum atomic E-state index is -3.34. The third kappa shape index (κ3) is 4.65. The highest BCUT2D eigenvalue weighted by atomic mass is 32.2. The smallest absolute Gasteiger partial charge is 0.257 e. The van der Waals surface area contributed by atoms with Gasteiger partial charge in [0.15, 0.2) is 0 Å². The maximum absolute atomic E-state index is 12.9. The highest BCUT2D eigenvalue weighted by Gasteiger charge is 2.28. The number of hydrogen-bond acceptors (Lipinski definition) is 4. The number of aryl methyl sites for hydroxylation is 1. The van der Waals surface area contributed by atoms with Gasteiger partial charge in [-0.1, -0.05) is 30.3 Å². The number of rotatable bonds is 5. The van der Waals surface area contributed by atoms with E-state index in [1.165, 1.54) is 4.31 Å². The summed E-state index contributed by atoms with van der Waals surface area (Å²) >= 11 is 0. The zero-order chi connectivity index (χ0) is 22.7. The molecule has 0 radical (unpaired) electrons. The van der Waals surface area contributed by atoms with E-state index >= 15 is 0 Å². The Balaban J connectivity index is 1.54. The molecule has 0 spiro atoms. The second kappa shape index (κ2) is 8.84. The van der Waals surface area contributed by atoms with Crippen LogP contribution in [0.15, 0.2) is 72.8 Å². The van der Waals surface area contributed by atoms with Gasteiger partial charge in [-0.05, 0) is 61.4 Å². The summed E-state index contributed by atoms with van der Waals surface area (Å²) in [6, 6.07) is 20.7. The molecule has 32 heavy (non-hydrogen) atoms. The Morgan fingerprint density at radius 2 is 1.66 bits per heavy atom. The average molecular weight is 450 g/mol. The molecule has 3 aromatic carbocycles. The van der Waals surface area contributed by atoms with Crippen LogP contribution >= 0.6 is 0 Å². The first-order valence-corrected chi connectivity index (χ1v) is 11.8. The van der Waals surface area contributed by atoms with Crippen LogP contribution in [0.2, 0.25) is 0 Å². The number of nitrogens with zero attached hydrogens (tertiary/aromatic N) is 1. The zero-order valence-corrected chi connectivity index (χ0v) is 18.4. The Labute approximate surface area is 187 Å². The summed E-state index contributed by atoms with van der Waals surface area (Å²) in [6.45, 7) is 2.33. The highest BCUT2D eigenvalue weighted by molar-refractivity contribution is 7.93. The molecule has 1 heterocycles. The van der Waals surface area contributed by atoms with Crippen LogP contribution in [-0.4, -0.2) is 32.5 Å². The Morgan fingerprint density at radius 1 is 0.875 bits per heavy atom. The number of amides is 2. The second-order valence-electron chi connectivity index (χ2n) is 7.62. The predicted molar refractivity (Wildman–Crippen MR) is 126 cm³/mol. The van der Waals surface area contributed by atoms with Crippen molar-refractivity contribution in [2.24, 2.45) is 0 Å². The molecule has 1 saturated heterocycles. The van der Waals surface area contributed by atoms with E-state index in [1.807, 2.05) is 25.1 Å². The Hall–Kier alpha value is -3.65. The summed E-state index contributed by atoms with van der Waals surface area (Å²) in [4.78, 5) is 25.7. The van der Waals surface area contributed by atoms with Crippen molar-refractivity contribution in [3.8, 4) is 0 Å². The number of sulfonamides is 1. The lowest BCUT2D eigenvalue weighted by molar-refractivity contribution is 0.102. The molecule has 4 rings (SSSR count). The number of nitrogens with one attached hydrogen (secondary N) is 2. The number of anilines is 3. The quantitative estimate of drug-likeness (QED) is 0.615. The van der Waals surface area contributed by atoms with Gasteiger partial charge in [0.25, 0.3) is 11.8 Å². The number of para-hydroxylation sites is 1. The van der Waals surface area contributed by atoms with Crippen molar-refractivity contribution < 1.29 is 18.0 Å². The number of benzene rings is 3. The largest absolute Gasteiger partial charge is 0.322 e. The molecule has 1 aliphatic heterocycles. The van der Waals surface area contributed by atoms with Crippen molar-refractivity contribution in [3.63, 3.8) is 0 Å². The first kappa shape index (κ1) is 21.6. The molecule has 164 valence electrons. The van der Waals surface area contributed by atoms with E-state index in [-0.39, 0.29) is 11.7 Å². The lowest BCUT2D eigenvalue weighted by Gasteiger charge is -2.17. The van der Waals surface area contributed by atoms with Gasteiger partial charge in [0.2, 0.25) is 10.0 Å². The minimum Gasteiger partial charge on any atom is -0.322 e. The van der Waals surface area contributed by atoms with Gasteiger partial charge in [0.1, 0.15) is 0 Å². The lowest BCUT2D eigenvalue weighted by Crippen LogP contribution is -2.25. The van der Waals surface area contributed by atoms with Gasteiger partial charge in [-0.3, -0.25) is 13.9 Å². The van der Waals surface area contributed by atoms with Crippen molar-refractivity contribution in [3.05, 3.63) is 89.5 Å². The van der Waals surface area contributed by atoms with E-state index < -0.39 is 15.9 Å². The SMILES string of the molecule is Cc1cccc(NC(=O)c2ccccc2NC(=O)c2cccc(N3CCCS3(=O)=O)c2)c1. The van der Waals surface area contributed by atoms with Crippen LogP contribution in [0, 0.1) is 6.92 Å². The van der Waals surface area contributed by atoms with Crippen LogP contribution in [0.3, 0.4) is 0 Å². The van der Waals surface area contributed by atoms with Crippen LogP contribution in [0.4, 0.5) is 17.1 Å². The fourth-order valence-electron chi connectivity index (χ4n) is 3.64. The molecule has 0 saturated carbocycles. The molecule has 0 aromatic heterocycles. The second-order valence-corrected chi connectivity index (χ2v) is 9.63. The van der Waals surface area contributed by atoms with E-state index in [4.69, 9.17) is 0 Å². The van der Waals surface area contributed by atoms with E-state index in [2.05, 4.69) is 10.6 Å². The van der Waals surface area contributed by atoms with Gasteiger partial charge in [0.05, 0.1) is 22.7 Å². The molecule has 0 bridgehead atoms. The van der Waals surface area contributed by atoms with Crippen LogP contribution in [0.5, 0.6) is 0 Å². The zero-order valence-electron chi connectivity index (χ0n) is 17.5. The summed E-state index contributed by atoms with van der Waals surface area (Å²) < 4.78 is 25.7. The van der Waals surface area contributed by atoms with Gasteiger partial charge >= 0.3 is 0 Å². The average Bonchev–Trinajstić information content (AvgIpc) is 3.13. The molecule has 0 aliphatic carbocycles. The molecule has 2 N–H and O–H groups in total. The van der Waals surface area contributed by atoms with Gasteiger partial charge < -0.3 is 10.6 Å². The highest BCUT2D eigenvalue weighted by Crippen LogP contribution is 2.25. The lowest BCUT2D eigenvalue weighted by atomic mass is 10.1. The Morgan fingerprint density at radius 3 is 2.41 bits per heavy atom. The summed E-state index contributed by atoms with van der Waals surface area (Å²) in [7, 11) is -3.34.